The van der Waals surface area contributed by atoms with E-state index in [1.165, 1.54) is 9.80 Å². The molecular weight excluding hydrogens is 409 g/mol. The smallest absolute Gasteiger partial charge is 0.357 e. The number of likely N-dealkylation sites (N-methyl/N-ethyl adjacent to an activating group) is 1. The van der Waals surface area contributed by atoms with Gasteiger partial charge in [-0.05, 0) is 37.1 Å². The number of nitrogens with one attached hydrogen (secondary N) is 2. The van der Waals surface area contributed by atoms with E-state index in [0.29, 0.717) is 17.9 Å². The van der Waals surface area contributed by atoms with Gasteiger partial charge in [0.05, 0.1) is 12.6 Å². The molecule has 0 spiro atoms. The monoisotopic (exact) mass is 430 g/mol. The molecule has 2 aromatic rings. The van der Waals surface area contributed by atoms with Crippen LogP contribution in [0.1, 0.15) is 25.0 Å². The highest BCUT2D eigenvalue weighted by molar-refractivity contribution is 6.31. The molecule has 0 aliphatic carbocycles. The lowest BCUT2D eigenvalue weighted by Crippen LogP contribution is -2.52. The van der Waals surface area contributed by atoms with Crippen LogP contribution in [0.4, 0.5) is 18.0 Å². The zero-order chi connectivity index (χ0) is 21.2. The molecule has 158 valence electrons. The summed E-state index contributed by atoms with van der Waals surface area (Å²) in [6.07, 6.45) is -4.82. The number of carbonyl (C=O) groups is 2. The molecule has 1 aliphatic heterocycles. The first-order valence-electron chi connectivity index (χ1n) is 9.25. The van der Waals surface area contributed by atoms with Crippen molar-refractivity contribution >= 4 is 34.4 Å². The second-order valence-corrected chi connectivity index (χ2v) is 7.66. The third kappa shape index (κ3) is 5.56. The van der Waals surface area contributed by atoms with Crippen LogP contribution in [0.5, 0.6) is 0 Å². The van der Waals surface area contributed by atoms with Crippen molar-refractivity contribution in [3.05, 3.63) is 35.0 Å². The van der Waals surface area contributed by atoms with Gasteiger partial charge in [0.25, 0.3) is 0 Å². The second kappa shape index (κ2) is 8.52. The lowest BCUT2D eigenvalue weighted by Gasteiger charge is -2.37. The molecule has 1 atom stereocenters. The maximum Gasteiger partial charge on any atom is 0.397 e. The van der Waals surface area contributed by atoms with Crippen molar-refractivity contribution in [3.63, 3.8) is 0 Å². The van der Waals surface area contributed by atoms with Gasteiger partial charge in [-0.1, -0.05) is 11.6 Å². The number of benzene rings is 1. The first-order chi connectivity index (χ1) is 13.6. The number of aromatic nitrogens is 1. The van der Waals surface area contributed by atoms with Crippen molar-refractivity contribution in [1.29, 1.82) is 0 Å². The third-order valence-corrected chi connectivity index (χ3v) is 5.27. The largest absolute Gasteiger partial charge is 0.397 e. The zero-order valence-corrected chi connectivity index (χ0v) is 16.6. The fourth-order valence-electron chi connectivity index (χ4n) is 3.50. The molecule has 0 saturated carbocycles. The number of amides is 3. The molecule has 1 aromatic carbocycles. The molecule has 1 unspecified atom stereocenters. The van der Waals surface area contributed by atoms with Gasteiger partial charge >= 0.3 is 12.2 Å². The highest BCUT2D eigenvalue weighted by Crippen LogP contribution is 2.23. The van der Waals surface area contributed by atoms with Gasteiger partial charge in [0.15, 0.2) is 0 Å². The average molecular weight is 431 g/mol. The number of piperidine rings is 1. The molecule has 1 aromatic heterocycles. The Labute approximate surface area is 171 Å². The normalized spacial score (nSPS) is 17.4. The number of hydrogen-bond donors (Lipinski definition) is 2. The number of urea groups is 1. The molecule has 1 saturated heterocycles. The van der Waals surface area contributed by atoms with Gasteiger partial charge < -0.3 is 20.1 Å². The van der Waals surface area contributed by atoms with Gasteiger partial charge in [-0.3, -0.25) is 4.79 Å². The van der Waals surface area contributed by atoms with Gasteiger partial charge in [-0.15, -0.1) is 0 Å². The fraction of sp³-hybridized carbons (Fsp3) is 0.474. The highest BCUT2D eigenvalue weighted by Gasteiger charge is 2.36. The van der Waals surface area contributed by atoms with E-state index in [0.717, 1.165) is 16.6 Å². The van der Waals surface area contributed by atoms with E-state index in [1.807, 2.05) is 18.2 Å². The van der Waals surface area contributed by atoms with Gasteiger partial charge in [0.1, 0.15) is 6.42 Å². The van der Waals surface area contributed by atoms with Crippen LogP contribution >= 0.6 is 11.6 Å². The van der Waals surface area contributed by atoms with E-state index in [-0.39, 0.29) is 31.7 Å². The lowest BCUT2D eigenvalue weighted by molar-refractivity contribution is -0.162. The SMILES string of the molecule is CN(C(=O)NCc1cc2cc(Cl)ccc2[nH]1)C1CCCN(C(=O)CC(F)(F)F)C1. The van der Waals surface area contributed by atoms with Gasteiger partial charge in [0.2, 0.25) is 5.91 Å². The Morgan fingerprint density at radius 3 is 2.83 bits per heavy atom. The molecule has 10 heteroatoms. The number of halogens is 4. The first kappa shape index (κ1) is 21.3. The topological polar surface area (TPSA) is 68.4 Å². The number of nitrogens with zero attached hydrogens (tertiary/aromatic N) is 2. The maximum atomic E-state index is 12.5. The van der Waals surface area contributed by atoms with Crippen LogP contribution in [0.3, 0.4) is 0 Å². The number of fused-ring (bicyclic) bond motifs is 1. The molecule has 3 amide bonds. The number of alkyl halides is 3. The van der Waals surface area contributed by atoms with Crippen LogP contribution in [0.2, 0.25) is 5.02 Å². The van der Waals surface area contributed by atoms with Crippen molar-refractivity contribution in [2.75, 3.05) is 20.1 Å². The van der Waals surface area contributed by atoms with Crippen molar-refractivity contribution in [3.8, 4) is 0 Å². The van der Waals surface area contributed by atoms with Crippen LogP contribution in [0.25, 0.3) is 10.9 Å². The highest BCUT2D eigenvalue weighted by atomic mass is 35.5. The van der Waals surface area contributed by atoms with E-state index >= 15 is 0 Å². The summed E-state index contributed by atoms with van der Waals surface area (Å²) in [6, 6.07) is 6.65. The summed E-state index contributed by atoms with van der Waals surface area (Å²) in [7, 11) is 1.59. The summed E-state index contributed by atoms with van der Waals surface area (Å²) in [5, 5.41) is 4.34. The summed E-state index contributed by atoms with van der Waals surface area (Å²) in [4.78, 5) is 30.2. The molecule has 6 nitrogen and oxygen atoms in total. The minimum Gasteiger partial charge on any atom is -0.357 e. The van der Waals surface area contributed by atoms with E-state index in [4.69, 9.17) is 11.6 Å². The van der Waals surface area contributed by atoms with Crippen molar-refractivity contribution < 1.29 is 22.8 Å². The van der Waals surface area contributed by atoms with Crippen LogP contribution in [0.15, 0.2) is 24.3 Å². The molecule has 3 rings (SSSR count). The Bertz CT molecular complexity index is 899. The van der Waals surface area contributed by atoms with Crippen molar-refractivity contribution in [2.24, 2.45) is 0 Å². The van der Waals surface area contributed by atoms with E-state index in [9.17, 15) is 22.8 Å². The Hall–Kier alpha value is -2.42. The Morgan fingerprint density at radius 1 is 1.34 bits per heavy atom. The van der Waals surface area contributed by atoms with E-state index in [2.05, 4.69) is 10.3 Å². The molecular formula is C19H22ClF3N4O2. The first-order valence-corrected chi connectivity index (χ1v) is 9.62. The van der Waals surface area contributed by atoms with Crippen LogP contribution in [-0.2, 0) is 11.3 Å². The lowest BCUT2D eigenvalue weighted by atomic mass is 10.0. The van der Waals surface area contributed by atoms with Crippen LogP contribution < -0.4 is 5.32 Å². The van der Waals surface area contributed by atoms with Gasteiger partial charge in [0, 0.05) is 41.8 Å². The van der Waals surface area contributed by atoms with E-state index in [1.54, 1.807) is 13.1 Å². The molecule has 1 aliphatic rings. The van der Waals surface area contributed by atoms with Crippen LogP contribution in [-0.4, -0.2) is 59.1 Å². The third-order valence-electron chi connectivity index (χ3n) is 5.04. The van der Waals surface area contributed by atoms with Gasteiger partial charge in [-0.25, -0.2) is 4.79 Å². The average Bonchev–Trinajstić information content (AvgIpc) is 3.06. The standard InChI is InChI=1S/C19H22ClF3N4O2/c1-26(15-3-2-6-27(11-15)17(28)9-19(21,22)23)18(29)24-10-14-8-12-7-13(20)4-5-16(12)25-14/h4-5,7-8,15,25H,2-3,6,9-11H2,1H3,(H,24,29). The molecule has 29 heavy (non-hydrogen) atoms. The number of rotatable bonds is 4. The second-order valence-electron chi connectivity index (χ2n) is 7.22. The van der Waals surface area contributed by atoms with Crippen molar-refractivity contribution in [1.82, 2.24) is 20.1 Å². The molecule has 1 fully saturated rings. The van der Waals surface area contributed by atoms with Crippen LogP contribution in [0, 0.1) is 0 Å². The maximum absolute atomic E-state index is 12.5. The van der Waals surface area contributed by atoms with E-state index < -0.39 is 18.5 Å². The summed E-state index contributed by atoms with van der Waals surface area (Å²) >= 11 is 5.97. The number of aromatic amines is 1. The quantitative estimate of drug-likeness (QED) is 0.772. The minimum absolute atomic E-state index is 0.101. The Morgan fingerprint density at radius 2 is 2.10 bits per heavy atom. The Balaban J connectivity index is 1.55. The summed E-state index contributed by atoms with van der Waals surface area (Å²) in [5.41, 5.74) is 1.70. The molecule has 0 bridgehead atoms. The number of H-pyrrole nitrogens is 1. The number of carbonyl (C=O) groups excluding carboxylic acids is 2. The summed E-state index contributed by atoms with van der Waals surface area (Å²) < 4.78 is 37.4. The number of likely N-dealkylation sites (tertiary alicyclic amines) is 1. The number of hydrogen-bond acceptors (Lipinski definition) is 2. The minimum atomic E-state index is -4.53. The molecule has 0 radical (unpaired) electrons. The zero-order valence-electron chi connectivity index (χ0n) is 15.9. The van der Waals surface area contributed by atoms with Gasteiger partial charge in [-0.2, -0.15) is 13.2 Å². The Kier molecular flexibility index (Phi) is 6.26. The fourth-order valence-corrected chi connectivity index (χ4v) is 3.68. The summed E-state index contributed by atoms with van der Waals surface area (Å²) in [6.45, 7) is 0.640. The summed E-state index contributed by atoms with van der Waals surface area (Å²) in [5.74, 6) is -0.951. The molecule has 2 heterocycles. The predicted octanol–water partition coefficient (Wildman–Crippen LogP) is 3.91. The molecule has 2 N–H and O–H groups in total. The van der Waals surface area contributed by atoms with Crippen molar-refractivity contribution in [2.45, 2.75) is 38.0 Å². The predicted molar refractivity (Wildman–Crippen MR) is 104 cm³/mol.